The predicted molar refractivity (Wildman–Crippen MR) is 82.5 cm³/mol. The number of thioether (sulfide) groups is 1. The van der Waals surface area contributed by atoms with Crippen molar-refractivity contribution >= 4 is 34.7 Å². The zero-order chi connectivity index (χ0) is 15.2. The van der Waals surface area contributed by atoms with Crippen LogP contribution in [0.2, 0.25) is 0 Å². The normalized spacial score (nSPS) is 16.9. The quantitative estimate of drug-likeness (QED) is 0.360. The van der Waals surface area contributed by atoms with Gasteiger partial charge in [0, 0.05) is 24.2 Å². The Morgan fingerprint density at radius 2 is 2.33 bits per heavy atom. The minimum Gasteiger partial charge on any atom is -0.285 e. The highest BCUT2D eigenvalue weighted by Gasteiger charge is 2.26. The first kappa shape index (κ1) is 14.9. The van der Waals surface area contributed by atoms with Crippen LogP contribution in [0.4, 0.5) is 5.69 Å². The molecule has 1 heterocycles. The van der Waals surface area contributed by atoms with Crippen molar-refractivity contribution in [2.75, 3.05) is 12.3 Å². The molecule has 7 nitrogen and oxygen atoms in total. The van der Waals surface area contributed by atoms with E-state index in [0.717, 1.165) is 0 Å². The summed E-state index contributed by atoms with van der Waals surface area (Å²) in [7, 11) is 0. The van der Waals surface area contributed by atoms with Crippen LogP contribution in [0.25, 0.3) is 0 Å². The number of nitro groups is 1. The van der Waals surface area contributed by atoms with E-state index in [1.165, 1.54) is 35.0 Å². The highest BCUT2D eigenvalue weighted by molar-refractivity contribution is 8.15. The van der Waals surface area contributed by atoms with Gasteiger partial charge >= 0.3 is 0 Å². The maximum atomic E-state index is 11.6. The van der Waals surface area contributed by atoms with Crippen LogP contribution in [0.3, 0.4) is 0 Å². The number of amides is 1. The zero-order valence-corrected chi connectivity index (χ0v) is 11.8. The van der Waals surface area contributed by atoms with Crippen molar-refractivity contribution in [3.05, 3.63) is 52.6 Å². The number of hydrogen-bond acceptors (Lipinski definition) is 6. The van der Waals surface area contributed by atoms with E-state index in [1.807, 2.05) is 0 Å². The summed E-state index contributed by atoms with van der Waals surface area (Å²) < 4.78 is 0. The SMILES string of the molecule is C=CCN1C(=O)CS/C1=N/N=C\c1cccc([N+](=O)[O-])c1. The van der Waals surface area contributed by atoms with Gasteiger partial charge in [-0.2, -0.15) is 5.10 Å². The van der Waals surface area contributed by atoms with Crippen LogP contribution in [0, 0.1) is 10.1 Å². The van der Waals surface area contributed by atoms with E-state index in [1.54, 1.807) is 18.2 Å². The molecule has 0 spiro atoms. The van der Waals surface area contributed by atoms with E-state index in [9.17, 15) is 14.9 Å². The lowest BCUT2D eigenvalue weighted by molar-refractivity contribution is -0.384. The van der Waals surface area contributed by atoms with Crippen LogP contribution in [0.1, 0.15) is 5.56 Å². The van der Waals surface area contributed by atoms with Crippen molar-refractivity contribution in [2.45, 2.75) is 0 Å². The lowest BCUT2D eigenvalue weighted by Gasteiger charge is -2.11. The molecular weight excluding hydrogens is 292 g/mol. The van der Waals surface area contributed by atoms with Crippen molar-refractivity contribution in [1.29, 1.82) is 0 Å². The van der Waals surface area contributed by atoms with Crippen molar-refractivity contribution in [3.8, 4) is 0 Å². The summed E-state index contributed by atoms with van der Waals surface area (Å²) in [5, 5.41) is 19.0. The van der Waals surface area contributed by atoms with Crippen molar-refractivity contribution in [3.63, 3.8) is 0 Å². The molecule has 1 saturated heterocycles. The summed E-state index contributed by atoms with van der Waals surface area (Å²) in [6.45, 7) is 3.97. The van der Waals surface area contributed by atoms with Crippen molar-refractivity contribution in [2.24, 2.45) is 10.2 Å². The monoisotopic (exact) mass is 304 g/mol. The number of amidine groups is 1. The summed E-state index contributed by atoms with van der Waals surface area (Å²) >= 11 is 1.30. The summed E-state index contributed by atoms with van der Waals surface area (Å²) in [4.78, 5) is 23.3. The number of carbonyl (C=O) groups excluding carboxylic acids is 1. The molecule has 1 amide bonds. The van der Waals surface area contributed by atoms with Crippen molar-refractivity contribution < 1.29 is 9.72 Å². The standard InChI is InChI=1S/C13H12N4O3S/c1-2-6-16-12(18)9-21-13(16)15-14-8-10-4-3-5-11(7-10)17(19)20/h2-5,7-8H,1,6,9H2/b14-8-,15-13+. The van der Waals surface area contributed by atoms with Gasteiger partial charge in [-0.15, -0.1) is 11.7 Å². The third kappa shape index (κ3) is 3.76. The lowest BCUT2D eigenvalue weighted by atomic mass is 10.2. The average molecular weight is 304 g/mol. The minimum absolute atomic E-state index is 0.00898. The molecule has 8 heteroatoms. The number of nitrogens with zero attached hydrogens (tertiary/aromatic N) is 4. The third-order valence-corrected chi connectivity index (χ3v) is 3.55. The van der Waals surface area contributed by atoms with E-state index in [2.05, 4.69) is 16.8 Å². The Hall–Kier alpha value is -2.48. The molecule has 0 saturated carbocycles. The zero-order valence-electron chi connectivity index (χ0n) is 11.0. The lowest BCUT2D eigenvalue weighted by Crippen LogP contribution is -2.29. The first-order valence-electron chi connectivity index (χ1n) is 6.01. The topological polar surface area (TPSA) is 88.2 Å². The Bertz CT molecular complexity index is 642. The van der Waals surface area contributed by atoms with Gasteiger partial charge in [0.15, 0.2) is 5.17 Å². The van der Waals surface area contributed by atoms with Gasteiger partial charge in [0.05, 0.1) is 16.9 Å². The van der Waals surface area contributed by atoms with Crippen LogP contribution in [-0.2, 0) is 4.79 Å². The van der Waals surface area contributed by atoms with Crippen LogP contribution in [0.5, 0.6) is 0 Å². The van der Waals surface area contributed by atoms with Gasteiger partial charge in [-0.25, -0.2) is 0 Å². The minimum atomic E-state index is -0.472. The second-order valence-corrected chi connectivity index (χ2v) is 5.00. The molecule has 0 radical (unpaired) electrons. The molecule has 0 unspecified atom stereocenters. The summed E-state index contributed by atoms with van der Waals surface area (Å²) in [5.74, 6) is 0.295. The molecule has 2 rings (SSSR count). The summed E-state index contributed by atoms with van der Waals surface area (Å²) in [6, 6.07) is 6.06. The van der Waals surface area contributed by atoms with Gasteiger partial charge < -0.3 is 0 Å². The van der Waals surface area contributed by atoms with E-state index in [4.69, 9.17) is 0 Å². The largest absolute Gasteiger partial charge is 0.285 e. The highest BCUT2D eigenvalue weighted by Crippen LogP contribution is 2.19. The van der Waals surface area contributed by atoms with Crippen molar-refractivity contribution in [1.82, 2.24) is 4.90 Å². The predicted octanol–water partition coefficient (Wildman–Crippen LogP) is 2.05. The highest BCUT2D eigenvalue weighted by atomic mass is 32.2. The van der Waals surface area contributed by atoms with E-state index >= 15 is 0 Å². The first-order valence-corrected chi connectivity index (χ1v) is 7.00. The second-order valence-electron chi connectivity index (χ2n) is 4.06. The van der Waals surface area contributed by atoms with Crippen LogP contribution in [0.15, 0.2) is 47.1 Å². The van der Waals surface area contributed by atoms with Gasteiger partial charge in [-0.3, -0.25) is 19.8 Å². The average Bonchev–Trinajstić information content (AvgIpc) is 2.81. The molecule has 0 aromatic heterocycles. The third-order valence-electron chi connectivity index (χ3n) is 2.60. The molecule has 1 aromatic rings. The summed E-state index contributed by atoms with van der Waals surface area (Å²) in [6.07, 6.45) is 3.03. The molecule has 1 aromatic carbocycles. The molecule has 0 atom stereocenters. The number of rotatable bonds is 5. The molecule has 1 aliphatic rings. The molecule has 1 fully saturated rings. The molecule has 1 aliphatic heterocycles. The second kappa shape index (κ2) is 6.80. The number of benzene rings is 1. The van der Waals surface area contributed by atoms with Gasteiger partial charge in [0.25, 0.3) is 5.69 Å². The van der Waals surface area contributed by atoms with Crippen LogP contribution in [-0.4, -0.2) is 39.4 Å². The molecule has 108 valence electrons. The van der Waals surface area contributed by atoms with E-state index < -0.39 is 4.92 Å². The smallest absolute Gasteiger partial charge is 0.270 e. The Balaban J connectivity index is 2.12. The fourth-order valence-electron chi connectivity index (χ4n) is 1.64. The number of hydrogen-bond donors (Lipinski definition) is 0. The van der Waals surface area contributed by atoms with Gasteiger partial charge in [-0.05, 0) is 0 Å². The van der Waals surface area contributed by atoms with Crippen LogP contribution >= 0.6 is 11.8 Å². The fraction of sp³-hybridized carbons (Fsp3) is 0.154. The number of nitro benzene ring substituents is 1. The summed E-state index contributed by atoms with van der Waals surface area (Å²) in [5.41, 5.74) is 0.559. The maximum absolute atomic E-state index is 11.6. The van der Waals surface area contributed by atoms with Gasteiger partial charge in [0.2, 0.25) is 5.91 Å². The van der Waals surface area contributed by atoms with Crippen LogP contribution < -0.4 is 0 Å². The Morgan fingerprint density at radius 1 is 1.52 bits per heavy atom. The maximum Gasteiger partial charge on any atom is 0.270 e. The molecule has 0 aliphatic carbocycles. The number of carbonyl (C=O) groups is 1. The Labute approximate surface area is 125 Å². The van der Waals surface area contributed by atoms with Gasteiger partial charge in [0.1, 0.15) is 0 Å². The molecule has 0 N–H and O–H groups in total. The first-order chi connectivity index (χ1) is 10.1. The van der Waals surface area contributed by atoms with E-state index in [0.29, 0.717) is 23.0 Å². The number of non-ortho nitro benzene ring substituents is 1. The Kier molecular flexibility index (Phi) is 4.83. The molecule has 21 heavy (non-hydrogen) atoms. The fourth-order valence-corrected chi connectivity index (χ4v) is 2.49. The van der Waals surface area contributed by atoms with E-state index in [-0.39, 0.29) is 11.6 Å². The van der Waals surface area contributed by atoms with Gasteiger partial charge in [-0.1, -0.05) is 30.0 Å². The molecule has 0 bridgehead atoms. The Morgan fingerprint density at radius 3 is 3.05 bits per heavy atom. The molecular formula is C13H12N4O3S.